The zero-order valence-corrected chi connectivity index (χ0v) is 14.4. The average Bonchev–Trinajstić information content (AvgIpc) is 2.50. The summed E-state index contributed by atoms with van der Waals surface area (Å²) < 4.78 is 0. The van der Waals surface area contributed by atoms with Crippen molar-refractivity contribution < 1.29 is 9.59 Å². The van der Waals surface area contributed by atoms with Gasteiger partial charge in [-0.25, -0.2) is 0 Å². The standard InChI is InChI=1S/C18H28N4O2/c1-13-9-15(6-7-16(13)19)22-8-4-2-3-5-14(12-22)10-18(24)21-11-17(20)23/h6-7,9,14H,2-5,8,10-12,19H2,1H3,(H2,20,23)(H,21,24). The number of nitrogens with two attached hydrogens (primary N) is 2. The molecule has 1 aromatic carbocycles. The fourth-order valence-corrected chi connectivity index (χ4v) is 3.18. The number of aryl methyl sites for hydroxylation is 1. The topological polar surface area (TPSA) is 101 Å². The Balaban J connectivity index is 2.02. The summed E-state index contributed by atoms with van der Waals surface area (Å²) in [6.07, 6.45) is 4.92. The molecule has 24 heavy (non-hydrogen) atoms. The zero-order valence-electron chi connectivity index (χ0n) is 14.4. The molecular formula is C18H28N4O2. The number of nitrogens with one attached hydrogen (secondary N) is 1. The van der Waals surface area contributed by atoms with Crippen LogP contribution < -0.4 is 21.7 Å². The lowest BCUT2D eigenvalue weighted by atomic mass is 9.94. The summed E-state index contributed by atoms with van der Waals surface area (Å²) in [4.78, 5) is 25.1. The van der Waals surface area contributed by atoms with E-state index in [0.717, 1.165) is 49.3 Å². The summed E-state index contributed by atoms with van der Waals surface area (Å²) >= 11 is 0. The molecule has 6 nitrogen and oxygen atoms in total. The van der Waals surface area contributed by atoms with E-state index in [1.165, 1.54) is 6.42 Å². The van der Waals surface area contributed by atoms with Crippen molar-refractivity contribution in [1.82, 2.24) is 5.32 Å². The van der Waals surface area contributed by atoms with Gasteiger partial charge in [-0.2, -0.15) is 0 Å². The van der Waals surface area contributed by atoms with Crippen molar-refractivity contribution in [3.05, 3.63) is 23.8 Å². The Morgan fingerprint density at radius 2 is 2.08 bits per heavy atom. The molecular weight excluding hydrogens is 304 g/mol. The molecule has 1 unspecified atom stereocenters. The van der Waals surface area contributed by atoms with Crippen LogP contribution in [0.15, 0.2) is 18.2 Å². The molecule has 1 aliphatic heterocycles. The lowest BCUT2D eigenvalue weighted by Crippen LogP contribution is -2.37. The van der Waals surface area contributed by atoms with Crippen molar-refractivity contribution in [2.45, 2.75) is 39.0 Å². The minimum Gasteiger partial charge on any atom is -0.399 e. The van der Waals surface area contributed by atoms with Crippen LogP contribution in [0, 0.1) is 12.8 Å². The number of hydrogen-bond donors (Lipinski definition) is 3. The van der Waals surface area contributed by atoms with Crippen LogP contribution in [0.25, 0.3) is 0 Å². The molecule has 1 heterocycles. The molecule has 0 radical (unpaired) electrons. The van der Waals surface area contributed by atoms with E-state index < -0.39 is 5.91 Å². The van der Waals surface area contributed by atoms with Crippen LogP contribution in [0.3, 0.4) is 0 Å². The Bertz CT molecular complexity index is 588. The highest BCUT2D eigenvalue weighted by molar-refractivity contribution is 5.83. The van der Waals surface area contributed by atoms with Crippen LogP contribution in [-0.2, 0) is 9.59 Å². The maximum atomic E-state index is 12.0. The van der Waals surface area contributed by atoms with Gasteiger partial charge < -0.3 is 21.7 Å². The number of nitrogens with zero attached hydrogens (tertiary/aromatic N) is 1. The molecule has 2 amide bonds. The van der Waals surface area contributed by atoms with Gasteiger partial charge in [-0.3, -0.25) is 9.59 Å². The van der Waals surface area contributed by atoms with Gasteiger partial charge in [-0.05, 0) is 49.4 Å². The molecule has 0 saturated carbocycles. The van der Waals surface area contributed by atoms with Crippen LogP contribution in [0.1, 0.15) is 37.7 Å². The minimum absolute atomic E-state index is 0.0908. The van der Waals surface area contributed by atoms with E-state index in [1.54, 1.807) is 0 Å². The van der Waals surface area contributed by atoms with E-state index in [4.69, 9.17) is 11.5 Å². The summed E-state index contributed by atoms with van der Waals surface area (Å²) in [5.74, 6) is -0.344. The second-order valence-electron chi connectivity index (χ2n) is 6.65. The molecule has 1 fully saturated rings. The molecule has 132 valence electrons. The quantitative estimate of drug-likeness (QED) is 0.712. The van der Waals surface area contributed by atoms with Gasteiger partial charge in [-0.15, -0.1) is 0 Å². The van der Waals surface area contributed by atoms with Gasteiger partial charge in [0.05, 0.1) is 6.54 Å². The fourth-order valence-electron chi connectivity index (χ4n) is 3.18. The molecule has 0 aliphatic carbocycles. The number of nitrogen functional groups attached to an aromatic ring is 1. The number of amides is 2. The van der Waals surface area contributed by atoms with E-state index in [0.29, 0.717) is 6.42 Å². The average molecular weight is 332 g/mol. The molecule has 0 spiro atoms. The summed E-state index contributed by atoms with van der Waals surface area (Å²) in [7, 11) is 0. The number of hydrogen-bond acceptors (Lipinski definition) is 4. The van der Waals surface area contributed by atoms with Gasteiger partial charge in [0.2, 0.25) is 11.8 Å². The second kappa shape index (κ2) is 8.57. The van der Waals surface area contributed by atoms with E-state index in [9.17, 15) is 9.59 Å². The third-order valence-electron chi connectivity index (χ3n) is 4.57. The number of carbonyl (C=O) groups excluding carboxylic acids is 2. The highest BCUT2D eigenvalue weighted by atomic mass is 16.2. The maximum Gasteiger partial charge on any atom is 0.236 e. The van der Waals surface area contributed by atoms with Crippen molar-refractivity contribution in [3.63, 3.8) is 0 Å². The predicted octanol–water partition coefficient (Wildman–Crippen LogP) is 1.57. The molecule has 0 aromatic heterocycles. The number of primary amides is 1. The van der Waals surface area contributed by atoms with Crippen LogP contribution >= 0.6 is 0 Å². The highest BCUT2D eigenvalue weighted by Gasteiger charge is 2.20. The van der Waals surface area contributed by atoms with Crippen molar-refractivity contribution in [2.75, 3.05) is 30.3 Å². The summed E-state index contributed by atoms with van der Waals surface area (Å²) in [6, 6.07) is 6.10. The summed E-state index contributed by atoms with van der Waals surface area (Å²) in [6.45, 7) is 3.75. The fraction of sp³-hybridized carbons (Fsp3) is 0.556. The largest absolute Gasteiger partial charge is 0.399 e. The maximum absolute atomic E-state index is 12.0. The van der Waals surface area contributed by atoms with Crippen molar-refractivity contribution in [1.29, 1.82) is 0 Å². The van der Waals surface area contributed by atoms with E-state index in [1.807, 2.05) is 19.1 Å². The SMILES string of the molecule is Cc1cc(N2CCCCCC(CC(=O)NCC(N)=O)C2)ccc1N. The molecule has 5 N–H and O–H groups in total. The molecule has 1 saturated heterocycles. The Hall–Kier alpha value is -2.24. The molecule has 1 aliphatic rings. The number of rotatable bonds is 5. The monoisotopic (exact) mass is 332 g/mol. The van der Waals surface area contributed by atoms with Crippen molar-refractivity contribution >= 4 is 23.2 Å². The smallest absolute Gasteiger partial charge is 0.236 e. The van der Waals surface area contributed by atoms with Gasteiger partial charge in [0.15, 0.2) is 0 Å². The zero-order chi connectivity index (χ0) is 17.5. The van der Waals surface area contributed by atoms with E-state index in [2.05, 4.69) is 16.3 Å². The Morgan fingerprint density at radius 1 is 1.29 bits per heavy atom. The van der Waals surface area contributed by atoms with Gasteiger partial charge in [0, 0.05) is 30.9 Å². The normalized spacial score (nSPS) is 18.5. The first kappa shape index (κ1) is 18.1. The molecule has 2 rings (SSSR count). The summed E-state index contributed by atoms with van der Waals surface area (Å²) in [5, 5.41) is 2.59. The Morgan fingerprint density at radius 3 is 2.79 bits per heavy atom. The lowest BCUT2D eigenvalue weighted by molar-refractivity contribution is -0.125. The van der Waals surface area contributed by atoms with Crippen molar-refractivity contribution in [2.24, 2.45) is 11.7 Å². The molecule has 0 bridgehead atoms. The van der Waals surface area contributed by atoms with E-state index in [-0.39, 0.29) is 18.4 Å². The minimum atomic E-state index is -0.514. The second-order valence-corrected chi connectivity index (χ2v) is 6.65. The van der Waals surface area contributed by atoms with Crippen LogP contribution in [-0.4, -0.2) is 31.4 Å². The third kappa shape index (κ3) is 5.44. The highest BCUT2D eigenvalue weighted by Crippen LogP contribution is 2.26. The molecule has 1 atom stereocenters. The van der Waals surface area contributed by atoms with Gasteiger partial charge in [-0.1, -0.05) is 12.8 Å². The van der Waals surface area contributed by atoms with E-state index >= 15 is 0 Å². The first-order valence-electron chi connectivity index (χ1n) is 8.62. The van der Waals surface area contributed by atoms with Gasteiger partial charge >= 0.3 is 0 Å². The van der Waals surface area contributed by atoms with Crippen LogP contribution in [0.2, 0.25) is 0 Å². The van der Waals surface area contributed by atoms with Gasteiger partial charge in [0.1, 0.15) is 0 Å². The number of anilines is 2. The number of benzene rings is 1. The first-order chi connectivity index (χ1) is 11.5. The third-order valence-corrected chi connectivity index (χ3v) is 4.57. The van der Waals surface area contributed by atoms with Crippen molar-refractivity contribution in [3.8, 4) is 0 Å². The molecule has 6 heteroatoms. The Kier molecular flexibility index (Phi) is 6.46. The predicted molar refractivity (Wildman–Crippen MR) is 96.6 cm³/mol. The van der Waals surface area contributed by atoms with Gasteiger partial charge in [0.25, 0.3) is 0 Å². The Labute approximate surface area is 143 Å². The van der Waals surface area contributed by atoms with Crippen LogP contribution in [0.4, 0.5) is 11.4 Å². The number of carbonyl (C=O) groups is 2. The lowest BCUT2D eigenvalue weighted by Gasteiger charge is -2.32. The van der Waals surface area contributed by atoms with Crippen LogP contribution in [0.5, 0.6) is 0 Å². The first-order valence-corrected chi connectivity index (χ1v) is 8.62. The molecule has 1 aromatic rings. The summed E-state index contributed by atoms with van der Waals surface area (Å²) in [5.41, 5.74) is 14.0.